The van der Waals surface area contributed by atoms with E-state index in [-0.39, 0.29) is 5.57 Å². The maximum atomic E-state index is 11.4. The molecule has 21 heavy (non-hydrogen) atoms. The van der Waals surface area contributed by atoms with Gasteiger partial charge < -0.3 is 9.84 Å². The van der Waals surface area contributed by atoms with E-state index in [0.717, 1.165) is 12.8 Å². The lowest BCUT2D eigenvalue weighted by atomic mass is 9.93. The van der Waals surface area contributed by atoms with E-state index >= 15 is 0 Å². The summed E-state index contributed by atoms with van der Waals surface area (Å²) in [5.41, 5.74) is 0.0865. The van der Waals surface area contributed by atoms with Crippen molar-refractivity contribution in [1.82, 2.24) is 0 Å². The molecule has 4 nitrogen and oxygen atoms in total. The topological polar surface area (TPSA) is 63.6 Å². The number of ether oxygens (including phenoxy) is 1. The van der Waals surface area contributed by atoms with Gasteiger partial charge in [0.05, 0.1) is 0 Å². The van der Waals surface area contributed by atoms with Crippen LogP contribution in [0.4, 0.5) is 0 Å². The summed E-state index contributed by atoms with van der Waals surface area (Å²) in [7, 11) is 0. The van der Waals surface area contributed by atoms with Crippen LogP contribution < -0.4 is 0 Å². The third kappa shape index (κ3) is 5.90. The van der Waals surface area contributed by atoms with Gasteiger partial charge in [-0.25, -0.2) is 4.79 Å². The van der Waals surface area contributed by atoms with Gasteiger partial charge in [-0.15, -0.1) is 0 Å². The summed E-state index contributed by atoms with van der Waals surface area (Å²) in [5, 5.41) is 9.12. The Kier molecular flexibility index (Phi) is 8.09. The van der Waals surface area contributed by atoms with Crippen molar-refractivity contribution in [1.29, 1.82) is 0 Å². The SMILES string of the molecule is C=C1C(=O)O[C@@H](CCCCCCCCCCC)[C@H]1C(=O)O. The van der Waals surface area contributed by atoms with Gasteiger partial charge in [-0.1, -0.05) is 64.9 Å². The second kappa shape index (κ2) is 9.59. The minimum atomic E-state index is -1.01. The smallest absolute Gasteiger partial charge is 0.334 e. The zero-order valence-corrected chi connectivity index (χ0v) is 13.1. The number of carbonyl (C=O) groups is 2. The van der Waals surface area contributed by atoms with Gasteiger partial charge >= 0.3 is 11.9 Å². The van der Waals surface area contributed by atoms with Crippen molar-refractivity contribution in [2.75, 3.05) is 0 Å². The summed E-state index contributed by atoms with van der Waals surface area (Å²) in [5.74, 6) is -2.42. The van der Waals surface area contributed by atoms with Gasteiger partial charge in [0, 0.05) is 5.57 Å². The van der Waals surface area contributed by atoms with Crippen molar-refractivity contribution < 1.29 is 19.4 Å². The number of rotatable bonds is 11. The highest BCUT2D eigenvalue weighted by Gasteiger charge is 2.42. The molecule has 0 aromatic heterocycles. The number of esters is 1. The predicted octanol–water partition coefficient (Wildman–Crippen LogP) is 4.09. The first-order valence-electron chi connectivity index (χ1n) is 8.20. The van der Waals surface area contributed by atoms with Crippen LogP contribution in [0.15, 0.2) is 12.2 Å². The zero-order valence-electron chi connectivity index (χ0n) is 13.1. The molecule has 4 heteroatoms. The average Bonchev–Trinajstić information content (AvgIpc) is 2.72. The molecule has 0 aromatic rings. The molecule has 0 spiro atoms. The first kappa shape index (κ1) is 17.7. The molecule has 1 saturated heterocycles. The van der Waals surface area contributed by atoms with Crippen LogP contribution in [0.3, 0.4) is 0 Å². The number of carboxylic acid groups (broad SMARTS) is 1. The van der Waals surface area contributed by atoms with Crippen LogP contribution in [0.1, 0.15) is 71.1 Å². The van der Waals surface area contributed by atoms with E-state index < -0.39 is 24.0 Å². The number of cyclic esters (lactones) is 1. The molecule has 0 aliphatic carbocycles. The molecule has 2 atom stereocenters. The van der Waals surface area contributed by atoms with Gasteiger partial charge in [-0.3, -0.25) is 4.79 Å². The fourth-order valence-electron chi connectivity index (χ4n) is 2.82. The first-order valence-corrected chi connectivity index (χ1v) is 8.20. The number of unbranched alkanes of at least 4 members (excludes halogenated alkanes) is 8. The standard InChI is InChI=1S/C17H28O4/c1-3-4-5-6-7-8-9-10-11-12-14-15(16(18)19)13(2)17(20)21-14/h14-15H,2-12H2,1H3,(H,18,19)/t14-,15-/m0/s1. The van der Waals surface area contributed by atoms with Crippen LogP contribution in [0.5, 0.6) is 0 Å². The molecule has 120 valence electrons. The Labute approximate surface area is 127 Å². The zero-order chi connectivity index (χ0) is 15.7. The Hall–Kier alpha value is -1.32. The van der Waals surface area contributed by atoms with Gasteiger partial charge in [0.2, 0.25) is 0 Å². The summed E-state index contributed by atoms with van der Waals surface area (Å²) in [6, 6.07) is 0. The molecule has 0 aromatic carbocycles. The Bertz CT molecular complexity index is 362. The molecule has 0 amide bonds. The maximum Gasteiger partial charge on any atom is 0.334 e. The van der Waals surface area contributed by atoms with Crippen molar-refractivity contribution in [2.24, 2.45) is 5.92 Å². The Morgan fingerprint density at radius 3 is 2.14 bits per heavy atom. The number of hydrogen-bond donors (Lipinski definition) is 1. The molecular weight excluding hydrogens is 268 g/mol. The highest BCUT2D eigenvalue weighted by atomic mass is 16.6. The lowest BCUT2D eigenvalue weighted by Crippen LogP contribution is -2.24. The molecule has 0 saturated carbocycles. The molecule has 1 fully saturated rings. The van der Waals surface area contributed by atoms with E-state index in [4.69, 9.17) is 9.84 Å². The molecule has 1 N–H and O–H groups in total. The van der Waals surface area contributed by atoms with Crippen LogP contribution >= 0.6 is 0 Å². The average molecular weight is 296 g/mol. The van der Waals surface area contributed by atoms with E-state index in [1.165, 1.54) is 44.9 Å². The summed E-state index contributed by atoms with van der Waals surface area (Å²) < 4.78 is 5.10. The number of hydrogen-bond acceptors (Lipinski definition) is 3. The summed E-state index contributed by atoms with van der Waals surface area (Å²) in [6.45, 7) is 5.74. The summed E-state index contributed by atoms with van der Waals surface area (Å²) in [6.07, 6.45) is 11.0. The molecule has 0 radical (unpaired) electrons. The Morgan fingerprint density at radius 2 is 1.62 bits per heavy atom. The Morgan fingerprint density at radius 1 is 1.10 bits per heavy atom. The van der Waals surface area contributed by atoms with Gasteiger partial charge in [-0.2, -0.15) is 0 Å². The molecular formula is C17H28O4. The normalized spacial score (nSPS) is 21.6. The summed E-state index contributed by atoms with van der Waals surface area (Å²) in [4.78, 5) is 22.5. The molecule has 1 rings (SSSR count). The van der Waals surface area contributed by atoms with Crippen LogP contribution in [0, 0.1) is 5.92 Å². The van der Waals surface area contributed by atoms with Crippen molar-refractivity contribution in [3.63, 3.8) is 0 Å². The quantitative estimate of drug-likeness (QED) is 0.354. The third-order valence-electron chi connectivity index (χ3n) is 4.13. The highest BCUT2D eigenvalue weighted by Crippen LogP contribution is 2.30. The van der Waals surface area contributed by atoms with Crippen LogP contribution in [0.2, 0.25) is 0 Å². The second-order valence-corrected chi connectivity index (χ2v) is 5.90. The molecule has 1 aliphatic rings. The van der Waals surface area contributed by atoms with Gasteiger partial charge in [0.1, 0.15) is 12.0 Å². The van der Waals surface area contributed by atoms with E-state index in [1.54, 1.807) is 0 Å². The van der Waals surface area contributed by atoms with E-state index in [0.29, 0.717) is 6.42 Å². The maximum absolute atomic E-state index is 11.4. The lowest BCUT2D eigenvalue weighted by molar-refractivity contribution is -0.144. The van der Waals surface area contributed by atoms with E-state index in [1.807, 2.05) is 0 Å². The van der Waals surface area contributed by atoms with Crippen molar-refractivity contribution in [2.45, 2.75) is 77.2 Å². The highest BCUT2D eigenvalue weighted by molar-refractivity contribution is 5.97. The van der Waals surface area contributed by atoms with Crippen LogP contribution in [-0.4, -0.2) is 23.1 Å². The number of aliphatic carboxylic acids is 1. The van der Waals surface area contributed by atoms with Gasteiger partial charge in [-0.05, 0) is 12.8 Å². The van der Waals surface area contributed by atoms with Crippen molar-refractivity contribution in [3.05, 3.63) is 12.2 Å². The number of carbonyl (C=O) groups excluding carboxylic acids is 1. The third-order valence-corrected chi connectivity index (χ3v) is 4.13. The van der Waals surface area contributed by atoms with E-state index in [2.05, 4.69) is 13.5 Å². The Balaban J connectivity index is 2.11. The van der Waals surface area contributed by atoms with E-state index in [9.17, 15) is 9.59 Å². The predicted molar refractivity (Wildman–Crippen MR) is 82.0 cm³/mol. The van der Waals surface area contributed by atoms with Gasteiger partial charge in [0.15, 0.2) is 0 Å². The molecule has 0 bridgehead atoms. The largest absolute Gasteiger partial charge is 0.481 e. The second-order valence-electron chi connectivity index (χ2n) is 5.90. The fraction of sp³-hybridized carbons (Fsp3) is 0.765. The fourth-order valence-corrected chi connectivity index (χ4v) is 2.82. The summed E-state index contributed by atoms with van der Waals surface area (Å²) >= 11 is 0. The number of carboxylic acids is 1. The van der Waals surface area contributed by atoms with Crippen LogP contribution in [-0.2, 0) is 14.3 Å². The minimum Gasteiger partial charge on any atom is -0.481 e. The minimum absolute atomic E-state index is 0.0865. The lowest BCUT2D eigenvalue weighted by Gasteiger charge is -2.13. The van der Waals surface area contributed by atoms with Crippen molar-refractivity contribution in [3.8, 4) is 0 Å². The van der Waals surface area contributed by atoms with Gasteiger partial charge in [0.25, 0.3) is 0 Å². The van der Waals surface area contributed by atoms with Crippen molar-refractivity contribution >= 4 is 11.9 Å². The monoisotopic (exact) mass is 296 g/mol. The molecule has 1 aliphatic heterocycles. The molecule has 0 unspecified atom stereocenters. The molecule has 1 heterocycles. The first-order chi connectivity index (χ1) is 10.1. The van der Waals surface area contributed by atoms with Crippen LogP contribution in [0.25, 0.3) is 0 Å².